The number of rotatable bonds is 2. The van der Waals surface area contributed by atoms with E-state index in [2.05, 4.69) is 26.2 Å². The molecule has 2 N–H and O–H groups in total. The monoisotopic (exact) mass is 284 g/mol. The van der Waals surface area contributed by atoms with Crippen LogP contribution in [0.5, 0.6) is 0 Å². The summed E-state index contributed by atoms with van der Waals surface area (Å²) in [4.78, 5) is 0. The summed E-state index contributed by atoms with van der Waals surface area (Å²) in [6.07, 6.45) is 1.62. The van der Waals surface area contributed by atoms with Crippen molar-refractivity contribution in [2.45, 2.75) is 13.0 Å². The van der Waals surface area contributed by atoms with Gasteiger partial charge >= 0.3 is 0 Å². The molecule has 4 nitrogen and oxygen atoms in total. The lowest BCUT2D eigenvalue weighted by atomic mass is 10.3. The predicted octanol–water partition coefficient (Wildman–Crippen LogP) is 2.19. The summed E-state index contributed by atoms with van der Waals surface area (Å²) in [5, 5.41) is 7.70. The van der Waals surface area contributed by atoms with Crippen LogP contribution in [0.25, 0.3) is 5.69 Å². The van der Waals surface area contributed by atoms with E-state index in [1.807, 2.05) is 0 Å². The summed E-state index contributed by atoms with van der Waals surface area (Å²) < 4.78 is 15.7. The molecule has 2 aromatic rings. The first-order valence-electron chi connectivity index (χ1n) is 4.71. The van der Waals surface area contributed by atoms with Crippen molar-refractivity contribution in [3.63, 3.8) is 0 Å². The summed E-state index contributed by atoms with van der Waals surface area (Å²) in [5.74, 6) is -0.357. The van der Waals surface area contributed by atoms with E-state index < -0.39 is 0 Å². The van der Waals surface area contributed by atoms with Gasteiger partial charge in [-0.15, -0.1) is 5.10 Å². The number of nitrogens with two attached hydrogens (primary N) is 1. The summed E-state index contributed by atoms with van der Waals surface area (Å²) in [5.41, 5.74) is 6.62. The van der Waals surface area contributed by atoms with E-state index in [0.717, 1.165) is 4.47 Å². The molecule has 16 heavy (non-hydrogen) atoms. The quantitative estimate of drug-likeness (QED) is 0.920. The van der Waals surface area contributed by atoms with Gasteiger partial charge in [0.15, 0.2) is 0 Å². The Hall–Kier alpha value is -1.27. The van der Waals surface area contributed by atoms with Crippen LogP contribution >= 0.6 is 15.9 Å². The molecule has 0 amide bonds. The van der Waals surface area contributed by atoms with Crippen molar-refractivity contribution in [3.8, 4) is 5.69 Å². The predicted molar refractivity (Wildman–Crippen MR) is 61.6 cm³/mol. The van der Waals surface area contributed by atoms with Crippen LogP contribution in [0.4, 0.5) is 4.39 Å². The van der Waals surface area contributed by atoms with Crippen molar-refractivity contribution < 1.29 is 4.39 Å². The minimum Gasteiger partial charge on any atom is -0.323 e. The molecule has 1 unspecified atom stereocenters. The Kier molecular flexibility index (Phi) is 3.02. The second-order valence-corrected chi connectivity index (χ2v) is 4.39. The molecule has 0 fully saturated rings. The lowest BCUT2D eigenvalue weighted by molar-refractivity contribution is 0.606. The fourth-order valence-electron chi connectivity index (χ4n) is 1.26. The number of hydrogen-bond acceptors (Lipinski definition) is 3. The van der Waals surface area contributed by atoms with Gasteiger partial charge in [0.25, 0.3) is 0 Å². The van der Waals surface area contributed by atoms with Crippen LogP contribution in [0.2, 0.25) is 0 Å². The van der Waals surface area contributed by atoms with Crippen molar-refractivity contribution in [1.82, 2.24) is 15.0 Å². The first-order valence-corrected chi connectivity index (χ1v) is 5.50. The Bertz CT molecular complexity index is 509. The van der Waals surface area contributed by atoms with Crippen LogP contribution in [-0.2, 0) is 0 Å². The topological polar surface area (TPSA) is 56.7 Å². The molecule has 1 heterocycles. The molecule has 1 aromatic heterocycles. The summed E-state index contributed by atoms with van der Waals surface area (Å²) in [6.45, 7) is 1.80. The Morgan fingerprint density at radius 2 is 2.25 bits per heavy atom. The lowest BCUT2D eigenvalue weighted by Crippen LogP contribution is -2.05. The maximum absolute atomic E-state index is 13.5. The molecule has 0 spiro atoms. The normalized spacial score (nSPS) is 12.8. The smallest absolute Gasteiger partial charge is 0.148 e. The molecule has 2 rings (SSSR count). The zero-order valence-electron chi connectivity index (χ0n) is 8.56. The van der Waals surface area contributed by atoms with Crippen LogP contribution in [0, 0.1) is 5.82 Å². The summed E-state index contributed by atoms with van der Waals surface area (Å²) in [7, 11) is 0. The zero-order chi connectivity index (χ0) is 11.7. The van der Waals surface area contributed by atoms with Gasteiger partial charge in [-0.05, 0) is 25.1 Å². The summed E-state index contributed by atoms with van der Waals surface area (Å²) >= 11 is 3.28. The molecule has 0 bridgehead atoms. The van der Waals surface area contributed by atoms with Gasteiger partial charge in [0.2, 0.25) is 0 Å². The number of hydrogen-bond donors (Lipinski definition) is 1. The lowest BCUT2D eigenvalue weighted by Gasteiger charge is -2.02. The van der Waals surface area contributed by atoms with Crippen molar-refractivity contribution >= 4 is 15.9 Å². The molecule has 0 aliphatic heterocycles. The first kappa shape index (κ1) is 11.2. The van der Waals surface area contributed by atoms with E-state index in [9.17, 15) is 4.39 Å². The number of halogens is 2. The highest BCUT2D eigenvalue weighted by Gasteiger charge is 2.10. The Morgan fingerprint density at radius 1 is 1.50 bits per heavy atom. The van der Waals surface area contributed by atoms with Gasteiger partial charge in [-0.1, -0.05) is 21.1 Å². The van der Waals surface area contributed by atoms with E-state index in [1.165, 1.54) is 10.7 Å². The molecular weight excluding hydrogens is 275 g/mol. The van der Waals surface area contributed by atoms with Crippen LogP contribution in [0.3, 0.4) is 0 Å². The molecule has 6 heteroatoms. The van der Waals surface area contributed by atoms with E-state index in [4.69, 9.17) is 5.73 Å². The van der Waals surface area contributed by atoms with E-state index in [0.29, 0.717) is 11.4 Å². The minimum absolute atomic E-state index is 0.219. The standard InChI is InChI=1S/C10H10BrFN4/c1-6(13)9-5-16(15-14-9)10-4-7(11)2-3-8(10)12/h2-6H,13H2,1H3. The fraction of sp³-hybridized carbons (Fsp3) is 0.200. The fourth-order valence-corrected chi connectivity index (χ4v) is 1.61. The first-order chi connectivity index (χ1) is 7.58. The molecule has 0 aliphatic rings. The van der Waals surface area contributed by atoms with E-state index in [-0.39, 0.29) is 11.9 Å². The molecule has 1 aromatic carbocycles. The Labute approximate surface area is 100 Å². The van der Waals surface area contributed by atoms with Gasteiger partial charge in [-0.25, -0.2) is 9.07 Å². The summed E-state index contributed by atoms with van der Waals surface area (Å²) in [6, 6.07) is 4.41. The third kappa shape index (κ3) is 2.12. The third-order valence-corrected chi connectivity index (χ3v) is 2.63. The molecule has 84 valence electrons. The van der Waals surface area contributed by atoms with Gasteiger partial charge in [0, 0.05) is 10.5 Å². The molecule has 0 saturated carbocycles. The van der Waals surface area contributed by atoms with E-state index in [1.54, 1.807) is 25.3 Å². The van der Waals surface area contributed by atoms with Crippen LogP contribution in [-0.4, -0.2) is 15.0 Å². The van der Waals surface area contributed by atoms with Crippen molar-refractivity contribution in [1.29, 1.82) is 0 Å². The van der Waals surface area contributed by atoms with Gasteiger partial charge in [-0.2, -0.15) is 0 Å². The molecular formula is C10H10BrFN4. The Balaban J connectivity index is 2.46. The van der Waals surface area contributed by atoms with Crippen LogP contribution in [0.15, 0.2) is 28.9 Å². The second-order valence-electron chi connectivity index (χ2n) is 3.47. The van der Waals surface area contributed by atoms with Gasteiger partial charge in [-0.3, -0.25) is 0 Å². The zero-order valence-corrected chi connectivity index (χ0v) is 10.1. The average molecular weight is 285 g/mol. The maximum atomic E-state index is 13.5. The largest absolute Gasteiger partial charge is 0.323 e. The van der Waals surface area contributed by atoms with Crippen molar-refractivity contribution in [3.05, 3.63) is 40.4 Å². The highest BCUT2D eigenvalue weighted by atomic mass is 79.9. The number of benzene rings is 1. The van der Waals surface area contributed by atoms with Gasteiger partial charge in [0.05, 0.1) is 11.9 Å². The average Bonchev–Trinajstić information content (AvgIpc) is 2.70. The SMILES string of the molecule is CC(N)c1cn(-c2cc(Br)ccc2F)nn1. The highest BCUT2D eigenvalue weighted by Crippen LogP contribution is 2.19. The van der Waals surface area contributed by atoms with Crippen molar-refractivity contribution in [2.24, 2.45) is 5.73 Å². The third-order valence-electron chi connectivity index (χ3n) is 2.13. The number of nitrogens with zero attached hydrogens (tertiary/aromatic N) is 3. The highest BCUT2D eigenvalue weighted by molar-refractivity contribution is 9.10. The molecule has 1 atom stereocenters. The van der Waals surface area contributed by atoms with Crippen LogP contribution in [0.1, 0.15) is 18.7 Å². The van der Waals surface area contributed by atoms with Gasteiger partial charge < -0.3 is 5.73 Å². The van der Waals surface area contributed by atoms with Crippen molar-refractivity contribution in [2.75, 3.05) is 0 Å². The maximum Gasteiger partial charge on any atom is 0.148 e. The van der Waals surface area contributed by atoms with Gasteiger partial charge in [0.1, 0.15) is 11.5 Å². The Morgan fingerprint density at radius 3 is 2.88 bits per heavy atom. The molecule has 0 radical (unpaired) electrons. The van der Waals surface area contributed by atoms with Crippen LogP contribution < -0.4 is 5.73 Å². The van der Waals surface area contributed by atoms with E-state index >= 15 is 0 Å². The minimum atomic E-state index is -0.357. The molecule has 0 aliphatic carbocycles. The molecule has 0 saturated heterocycles. The number of aromatic nitrogens is 3. The second kappa shape index (κ2) is 4.31.